The van der Waals surface area contributed by atoms with E-state index < -0.39 is 17.6 Å². The lowest BCUT2D eigenvalue weighted by molar-refractivity contribution is -0.136. The fourth-order valence-corrected chi connectivity index (χ4v) is 1.56. The molecule has 2 rings (SSSR count). The molecule has 21 heavy (non-hydrogen) atoms. The number of amides is 2. The second-order valence-corrected chi connectivity index (χ2v) is 4.36. The first-order chi connectivity index (χ1) is 9.95. The summed E-state index contributed by atoms with van der Waals surface area (Å²) < 4.78 is 18.2. The molecule has 0 unspecified atom stereocenters. The van der Waals surface area contributed by atoms with Gasteiger partial charge in [-0.2, -0.15) is 4.98 Å². The normalized spacial score (nSPS) is 10.2. The third-order valence-electron chi connectivity index (χ3n) is 2.55. The molecule has 2 amide bonds. The topological polar surface area (TPSA) is 97.1 Å². The standard InChI is InChI=1S/C13H13FN4O3/c1-7-3-4-9(14)10(5-7)17-13(20)12(19)15-6-11-16-8(2)18-21-11/h3-5H,6H2,1-2H3,(H,15,19)(H,17,20). The molecular weight excluding hydrogens is 279 g/mol. The molecule has 8 heteroatoms. The van der Waals surface area contributed by atoms with Crippen LogP contribution in [0.1, 0.15) is 17.3 Å². The largest absolute Gasteiger partial charge is 0.339 e. The number of nitrogens with one attached hydrogen (secondary N) is 2. The van der Waals surface area contributed by atoms with Crippen LogP contribution in [0.4, 0.5) is 10.1 Å². The minimum absolute atomic E-state index is 0.0521. The maximum absolute atomic E-state index is 13.5. The predicted molar refractivity (Wildman–Crippen MR) is 70.6 cm³/mol. The summed E-state index contributed by atoms with van der Waals surface area (Å²) in [5.74, 6) is -1.92. The molecule has 2 aromatic rings. The van der Waals surface area contributed by atoms with E-state index >= 15 is 0 Å². The number of benzene rings is 1. The Kier molecular flexibility index (Phi) is 4.27. The van der Waals surface area contributed by atoms with Gasteiger partial charge in [0.15, 0.2) is 5.82 Å². The Labute approximate surface area is 119 Å². The smallest absolute Gasteiger partial charge is 0.313 e. The summed E-state index contributed by atoms with van der Waals surface area (Å²) in [6.07, 6.45) is 0. The fraction of sp³-hybridized carbons (Fsp3) is 0.231. The zero-order valence-electron chi connectivity index (χ0n) is 11.4. The van der Waals surface area contributed by atoms with Crippen molar-refractivity contribution in [1.29, 1.82) is 0 Å². The van der Waals surface area contributed by atoms with E-state index in [-0.39, 0.29) is 18.1 Å². The number of rotatable bonds is 3. The lowest BCUT2D eigenvalue weighted by Gasteiger charge is -2.07. The molecule has 0 fully saturated rings. The first kappa shape index (κ1) is 14.6. The monoisotopic (exact) mass is 292 g/mol. The number of halogens is 1. The molecule has 0 atom stereocenters. The molecule has 7 nitrogen and oxygen atoms in total. The van der Waals surface area contributed by atoms with E-state index in [0.717, 1.165) is 5.56 Å². The lowest BCUT2D eigenvalue weighted by Crippen LogP contribution is -2.35. The molecule has 1 aromatic carbocycles. The molecule has 2 N–H and O–H groups in total. The van der Waals surface area contributed by atoms with Crippen molar-refractivity contribution in [2.45, 2.75) is 20.4 Å². The van der Waals surface area contributed by atoms with Crippen molar-refractivity contribution in [1.82, 2.24) is 15.5 Å². The van der Waals surface area contributed by atoms with E-state index in [1.165, 1.54) is 12.1 Å². The van der Waals surface area contributed by atoms with Crippen molar-refractivity contribution in [3.63, 3.8) is 0 Å². The molecule has 0 saturated heterocycles. The summed E-state index contributed by atoms with van der Waals surface area (Å²) >= 11 is 0. The van der Waals surface area contributed by atoms with Crippen molar-refractivity contribution in [3.05, 3.63) is 41.3 Å². The van der Waals surface area contributed by atoms with Crippen LogP contribution in [0, 0.1) is 19.7 Å². The van der Waals surface area contributed by atoms with E-state index in [0.29, 0.717) is 5.82 Å². The van der Waals surface area contributed by atoms with Crippen LogP contribution < -0.4 is 10.6 Å². The van der Waals surface area contributed by atoms with Gasteiger partial charge in [-0.1, -0.05) is 11.2 Å². The quantitative estimate of drug-likeness (QED) is 0.825. The molecule has 0 radical (unpaired) electrons. The van der Waals surface area contributed by atoms with Crippen LogP contribution >= 0.6 is 0 Å². The maximum atomic E-state index is 13.5. The molecule has 110 valence electrons. The van der Waals surface area contributed by atoms with Crippen LogP contribution in [0.3, 0.4) is 0 Å². The van der Waals surface area contributed by atoms with Gasteiger partial charge >= 0.3 is 11.8 Å². The average Bonchev–Trinajstić information content (AvgIpc) is 2.86. The Balaban J connectivity index is 1.93. The van der Waals surface area contributed by atoms with Crippen molar-refractivity contribution in [2.75, 3.05) is 5.32 Å². The first-order valence-electron chi connectivity index (χ1n) is 6.10. The van der Waals surface area contributed by atoms with Gasteiger partial charge in [-0.15, -0.1) is 0 Å². The van der Waals surface area contributed by atoms with Crippen molar-refractivity contribution in [2.24, 2.45) is 0 Å². The van der Waals surface area contributed by atoms with Crippen LogP contribution in [0.25, 0.3) is 0 Å². The van der Waals surface area contributed by atoms with Crippen LogP contribution in [0.15, 0.2) is 22.7 Å². The van der Waals surface area contributed by atoms with Crippen molar-refractivity contribution in [3.8, 4) is 0 Å². The molecule has 0 bridgehead atoms. The van der Waals surface area contributed by atoms with Gasteiger partial charge in [0.25, 0.3) is 0 Å². The van der Waals surface area contributed by atoms with Crippen LogP contribution in [0.5, 0.6) is 0 Å². The summed E-state index contributed by atoms with van der Waals surface area (Å²) in [5, 5.41) is 8.04. The third kappa shape index (κ3) is 3.85. The highest BCUT2D eigenvalue weighted by Gasteiger charge is 2.16. The number of anilines is 1. The Morgan fingerprint density at radius 2 is 2.05 bits per heavy atom. The fourth-order valence-electron chi connectivity index (χ4n) is 1.56. The number of hydrogen-bond acceptors (Lipinski definition) is 5. The van der Waals surface area contributed by atoms with Gasteiger partial charge in [0.1, 0.15) is 5.82 Å². The van der Waals surface area contributed by atoms with Gasteiger partial charge in [0.05, 0.1) is 12.2 Å². The van der Waals surface area contributed by atoms with Crippen molar-refractivity contribution >= 4 is 17.5 Å². The highest BCUT2D eigenvalue weighted by atomic mass is 19.1. The van der Waals surface area contributed by atoms with E-state index in [1.54, 1.807) is 19.9 Å². The van der Waals surface area contributed by atoms with Gasteiger partial charge in [0.2, 0.25) is 5.89 Å². The SMILES string of the molecule is Cc1ccc(F)c(NC(=O)C(=O)NCc2nc(C)no2)c1. The zero-order valence-corrected chi connectivity index (χ0v) is 11.4. The minimum Gasteiger partial charge on any atom is -0.339 e. The summed E-state index contributed by atoms with van der Waals surface area (Å²) in [6.45, 7) is 3.29. The highest BCUT2D eigenvalue weighted by Crippen LogP contribution is 2.15. The number of hydrogen-bond donors (Lipinski definition) is 2. The van der Waals surface area contributed by atoms with Crippen LogP contribution in [0.2, 0.25) is 0 Å². The van der Waals surface area contributed by atoms with Gasteiger partial charge < -0.3 is 15.2 Å². The van der Waals surface area contributed by atoms with Gasteiger partial charge in [-0.25, -0.2) is 4.39 Å². The first-order valence-corrected chi connectivity index (χ1v) is 6.10. The second-order valence-electron chi connectivity index (χ2n) is 4.36. The summed E-state index contributed by atoms with van der Waals surface area (Å²) in [5.41, 5.74) is 0.706. The van der Waals surface area contributed by atoms with Crippen LogP contribution in [-0.2, 0) is 16.1 Å². The number of aryl methyl sites for hydroxylation is 2. The number of carbonyl (C=O) groups is 2. The van der Waals surface area contributed by atoms with E-state index in [9.17, 15) is 14.0 Å². The third-order valence-corrected chi connectivity index (χ3v) is 2.55. The Hall–Kier alpha value is -2.77. The maximum Gasteiger partial charge on any atom is 0.313 e. The Morgan fingerprint density at radius 3 is 2.71 bits per heavy atom. The molecule has 1 aromatic heterocycles. The summed E-state index contributed by atoms with van der Waals surface area (Å²) in [7, 11) is 0. The minimum atomic E-state index is -0.976. The highest BCUT2D eigenvalue weighted by molar-refractivity contribution is 6.39. The number of nitrogens with zero attached hydrogens (tertiary/aromatic N) is 2. The Morgan fingerprint density at radius 1 is 1.29 bits per heavy atom. The Bertz CT molecular complexity index is 684. The molecule has 0 saturated carbocycles. The average molecular weight is 292 g/mol. The second kappa shape index (κ2) is 6.12. The number of aromatic nitrogens is 2. The predicted octanol–water partition coefficient (Wildman–Crippen LogP) is 1.08. The molecule has 0 aliphatic carbocycles. The zero-order chi connectivity index (χ0) is 15.4. The summed E-state index contributed by atoms with van der Waals surface area (Å²) in [6, 6.07) is 4.20. The molecule has 0 aliphatic heterocycles. The van der Waals surface area contributed by atoms with E-state index in [1.807, 2.05) is 0 Å². The van der Waals surface area contributed by atoms with E-state index in [2.05, 4.69) is 20.8 Å². The van der Waals surface area contributed by atoms with Gasteiger partial charge in [-0.3, -0.25) is 9.59 Å². The summed E-state index contributed by atoms with van der Waals surface area (Å²) in [4.78, 5) is 27.1. The van der Waals surface area contributed by atoms with Crippen LogP contribution in [-0.4, -0.2) is 22.0 Å². The van der Waals surface area contributed by atoms with Crippen molar-refractivity contribution < 1.29 is 18.5 Å². The molecule has 1 heterocycles. The molecule has 0 aliphatic rings. The number of carbonyl (C=O) groups excluding carboxylic acids is 2. The van der Waals surface area contributed by atoms with E-state index in [4.69, 9.17) is 4.52 Å². The molecule has 0 spiro atoms. The lowest BCUT2D eigenvalue weighted by atomic mass is 10.2. The molecular formula is C13H13FN4O3. The van der Waals surface area contributed by atoms with Gasteiger partial charge in [-0.05, 0) is 31.5 Å². The van der Waals surface area contributed by atoms with Gasteiger partial charge in [0, 0.05) is 0 Å².